The first-order chi connectivity index (χ1) is 14.8. The predicted molar refractivity (Wildman–Crippen MR) is 114 cm³/mol. The standard InChI is InChI=1S/C22H25N5O4/c1-14-11-27(20-16(14)7-6-10-24-20)22(8-4-5-9-22)13-26-12-17(31-15(2)28)19(29)18(25-26)21(30)23-3/h6-7,10-12H,4-5,8-9,13H2,1-3H3,(H,23,30). The molecule has 1 fully saturated rings. The minimum absolute atomic E-state index is 0.207. The number of rotatable bonds is 5. The van der Waals surface area contributed by atoms with Crippen molar-refractivity contribution in [3.63, 3.8) is 0 Å². The van der Waals surface area contributed by atoms with Crippen molar-refractivity contribution in [3.05, 3.63) is 52.2 Å². The molecule has 0 spiro atoms. The van der Waals surface area contributed by atoms with Gasteiger partial charge in [0, 0.05) is 31.8 Å². The molecule has 1 N–H and O–H groups in total. The number of carbonyl (C=O) groups is 2. The van der Waals surface area contributed by atoms with E-state index in [0.29, 0.717) is 6.54 Å². The first-order valence-corrected chi connectivity index (χ1v) is 10.3. The number of esters is 1. The first kappa shape index (κ1) is 20.8. The molecule has 9 heteroatoms. The van der Waals surface area contributed by atoms with Gasteiger partial charge in [-0.1, -0.05) is 12.8 Å². The number of carbonyl (C=O) groups excluding carboxylic acids is 2. The zero-order valence-electron chi connectivity index (χ0n) is 17.8. The second-order valence-electron chi connectivity index (χ2n) is 8.03. The number of hydrogen-bond acceptors (Lipinski definition) is 6. The fourth-order valence-electron chi connectivity index (χ4n) is 4.48. The number of aryl methyl sites for hydroxylation is 1. The van der Waals surface area contributed by atoms with Crippen LogP contribution in [0.3, 0.4) is 0 Å². The summed E-state index contributed by atoms with van der Waals surface area (Å²) in [5.74, 6) is -1.47. The van der Waals surface area contributed by atoms with E-state index < -0.39 is 17.3 Å². The summed E-state index contributed by atoms with van der Waals surface area (Å²) in [5, 5.41) is 7.81. The Bertz CT molecular complexity index is 1220. The molecular weight excluding hydrogens is 398 g/mol. The number of nitrogens with one attached hydrogen (secondary N) is 1. The first-order valence-electron chi connectivity index (χ1n) is 10.3. The molecule has 0 aliphatic heterocycles. The van der Waals surface area contributed by atoms with Crippen molar-refractivity contribution in [1.29, 1.82) is 0 Å². The van der Waals surface area contributed by atoms with E-state index in [1.807, 2.05) is 6.07 Å². The topological polar surface area (TPSA) is 108 Å². The lowest BCUT2D eigenvalue weighted by atomic mass is 9.97. The highest BCUT2D eigenvalue weighted by Gasteiger charge is 2.38. The molecule has 3 heterocycles. The van der Waals surface area contributed by atoms with Gasteiger partial charge < -0.3 is 14.6 Å². The van der Waals surface area contributed by atoms with Crippen LogP contribution in [-0.4, -0.2) is 38.3 Å². The Kier molecular flexibility index (Phi) is 5.34. The van der Waals surface area contributed by atoms with Gasteiger partial charge in [-0.25, -0.2) is 4.98 Å². The molecule has 162 valence electrons. The molecule has 0 atom stereocenters. The van der Waals surface area contributed by atoms with Crippen molar-refractivity contribution < 1.29 is 14.3 Å². The third kappa shape index (κ3) is 3.71. The maximum atomic E-state index is 12.6. The van der Waals surface area contributed by atoms with Crippen LogP contribution < -0.4 is 15.5 Å². The molecule has 1 saturated carbocycles. The Morgan fingerprint density at radius 3 is 2.68 bits per heavy atom. The number of hydrogen-bond donors (Lipinski definition) is 1. The number of pyridine rings is 1. The van der Waals surface area contributed by atoms with E-state index in [1.165, 1.54) is 20.2 Å². The Labute approximate surface area is 179 Å². The summed E-state index contributed by atoms with van der Waals surface area (Å²) >= 11 is 0. The SMILES string of the molecule is CNC(=O)c1nn(CC2(n3cc(C)c4cccnc43)CCCC2)cc(OC(C)=O)c1=O. The van der Waals surface area contributed by atoms with Gasteiger partial charge in [0.15, 0.2) is 11.4 Å². The minimum atomic E-state index is -0.713. The molecule has 0 unspecified atom stereocenters. The van der Waals surface area contributed by atoms with Crippen LogP contribution in [-0.2, 0) is 16.9 Å². The van der Waals surface area contributed by atoms with Gasteiger partial charge in [-0.05, 0) is 37.5 Å². The lowest BCUT2D eigenvalue weighted by molar-refractivity contribution is -0.132. The van der Waals surface area contributed by atoms with Crippen LogP contribution in [0.1, 0.15) is 48.7 Å². The molecule has 0 radical (unpaired) electrons. The molecule has 1 amide bonds. The van der Waals surface area contributed by atoms with Crippen molar-refractivity contribution in [3.8, 4) is 5.75 Å². The van der Waals surface area contributed by atoms with Gasteiger partial charge in [0.05, 0.1) is 18.3 Å². The molecule has 0 bridgehead atoms. The largest absolute Gasteiger partial charge is 0.421 e. The van der Waals surface area contributed by atoms with Gasteiger partial charge in [-0.2, -0.15) is 5.10 Å². The summed E-state index contributed by atoms with van der Waals surface area (Å²) in [6.07, 6.45) is 9.19. The summed E-state index contributed by atoms with van der Waals surface area (Å²) < 4.78 is 8.83. The summed E-state index contributed by atoms with van der Waals surface area (Å²) in [4.78, 5) is 41.0. The highest BCUT2D eigenvalue weighted by atomic mass is 16.5. The Hall–Kier alpha value is -3.49. The maximum Gasteiger partial charge on any atom is 0.308 e. The number of aromatic nitrogens is 4. The summed E-state index contributed by atoms with van der Waals surface area (Å²) in [5.41, 5.74) is 0.691. The van der Waals surface area contributed by atoms with E-state index in [0.717, 1.165) is 42.3 Å². The third-order valence-corrected chi connectivity index (χ3v) is 5.89. The van der Waals surface area contributed by atoms with E-state index in [9.17, 15) is 14.4 Å². The number of nitrogens with zero attached hydrogens (tertiary/aromatic N) is 4. The Morgan fingerprint density at radius 2 is 2.00 bits per heavy atom. The predicted octanol–water partition coefficient (Wildman–Crippen LogP) is 2.16. The van der Waals surface area contributed by atoms with Gasteiger partial charge in [0.25, 0.3) is 11.3 Å². The second kappa shape index (κ2) is 7.98. The molecule has 0 aromatic carbocycles. The molecule has 1 aliphatic rings. The summed E-state index contributed by atoms with van der Waals surface area (Å²) in [6, 6.07) is 3.97. The zero-order chi connectivity index (χ0) is 22.2. The van der Waals surface area contributed by atoms with E-state index in [1.54, 1.807) is 10.9 Å². The molecule has 4 rings (SSSR count). The van der Waals surface area contributed by atoms with Gasteiger partial charge in [-0.15, -0.1) is 0 Å². The second-order valence-corrected chi connectivity index (χ2v) is 8.03. The van der Waals surface area contributed by atoms with Gasteiger partial charge in [0.1, 0.15) is 5.65 Å². The van der Waals surface area contributed by atoms with Crippen LogP contribution in [0.5, 0.6) is 5.75 Å². The molecule has 3 aromatic rings. The minimum Gasteiger partial charge on any atom is -0.421 e. The summed E-state index contributed by atoms with van der Waals surface area (Å²) in [6.45, 7) is 3.68. The van der Waals surface area contributed by atoms with E-state index >= 15 is 0 Å². The van der Waals surface area contributed by atoms with Gasteiger partial charge in [-0.3, -0.25) is 19.1 Å². The van der Waals surface area contributed by atoms with Crippen molar-refractivity contribution in [2.75, 3.05) is 7.05 Å². The van der Waals surface area contributed by atoms with E-state index in [4.69, 9.17) is 4.74 Å². The quantitative estimate of drug-likeness (QED) is 0.630. The van der Waals surface area contributed by atoms with Crippen molar-refractivity contribution in [2.24, 2.45) is 0 Å². The highest BCUT2D eigenvalue weighted by Crippen LogP contribution is 2.40. The molecule has 3 aromatic heterocycles. The smallest absolute Gasteiger partial charge is 0.308 e. The molecule has 1 aliphatic carbocycles. The van der Waals surface area contributed by atoms with Crippen LogP contribution in [0.4, 0.5) is 0 Å². The number of amides is 1. The Balaban J connectivity index is 1.84. The van der Waals surface area contributed by atoms with Crippen LogP contribution in [0.25, 0.3) is 11.0 Å². The van der Waals surface area contributed by atoms with Crippen LogP contribution >= 0.6 is 0 Å². The molecule has 0 saturated heterocycles. The van der Waals surface area contributed by atoms with Crippen molar-refractivity contribution >= 4 is 22.9 Å². The zero-order valence-corrected chi connectivity index (χ0v) is 17.8. The van der Waals surface area contributed by atoms with Crippen molar-refractivity contribution in [2.45, 2.75) is 51.6 Å². The van der Waals surface area contributed by atoms with Crippen LogP contribution in [0, 0.1) is 6.92 Å². The van der Waals surface area contributed by atoms with Gasteiger partial charge in [0.2, 0.25) is 0 Å². The monoisotopic (exact) mass is 423 g/mol. The lowest BCUT2D eigenvalue weighted by Gasteiger charge is -2.32. The molecular formula is C22H25N5O4. The molecule has 9 nitrogen and oxygen atoms in total. The molecule has 31 heavy (non-hydrogen) atoms. The van der Waals surface area contributed by atoms with Crippen LogP contribution in [0.2, 0.25) is 0 Å². The maximum absolute atomic E-state index is 12.6. The normalized spacial score (nSPS) is 15.2. The van der Waals surface area contributed by atoms with Crippen LogP contribution in [0.15, 0.2) is 35.5 Å². The van der Waals surface area contributed by atoms with Gasteiger partial charge >= 0.3 is 5.97 Å². The Morgan fingerprint density at radius 1 is 1.26 bits per heavy atom. The lowest BCUT2D eigenvalue weighted by Crippen LogP contribution is -2.38. The number of ether oxygens (including phenoxy) is 1. The van der Waals surface area contributed by atoms with E-state index in [2.05, 4.69) is 39.2 Å². The average molecular weight is 423 g/mol. The highest BCUT2D eigenvalue weighted by molar-refractivity contribution is 5.92. The summed E-state index contributed by atoms with van der Waals surface area (Å²) in [7, 11) is 1.42. The van der Waals surface area contributed by atoms with E-state index in [-0.39, 0.29) is 17.0 Å². The fraction of sp³-hybridized carbons (Fsp3) is 0.409. The third-order valence-electron chi connectivity index (χ3n) is 5.89. The number of fused-ring (bicyclic) bond motifs is 1. The van der Waals surface area contributed by atoms with Crippen molar-refractivity contribution in [1.82, 2.24) is 24.6 Å². The average Bonchev–Trinajstić information content (AvgIpc) is 3.35. The fourth-order valence-corrected chi connectivity index (χ4v) is 4.48.